The van der Waals surface area contributed by atoms with Crippen LogP contribution in [0.1, 0.15) is 47.2 Å². The molecule has 0 spiro atoms. The second-order valence-corrected chi connectivity index (χ2v) is 9.98. The Balaban J connectivity index is 1.63. The Hall–Kier alpha value is -3.64. The van der Waals surface area contributed by atoms with E-state index in [4.69, 9.17) is 17.2 Å². The molecule has 0 saturated carbocycles. The van der Waals surface area contributed by atoms with Crippen molar-refractivity contribution < 1.29 is 0 Å². The molecule has 5 nitrogen and oxygen atoms in total. The Labute approximate surface area is 219 Å². The van der Waals surface area contributed by atoms with Crippen molar-refractivity contribution >= 4 is 28.7 Å². The number of benzene rings is 2. The molecule has 1 fully saturated rings. The van der Waals surface area contributed by atoms with E-state index in [0.29, 0.717) is 0 Å². The van der Waals surface area contributed by atoms with Gasteiger partial charge >= 0.3 is 0 Å². The second-order valence-electron chi connectivity index (χ2n) is 9.59. The predicted octanol–water partition coefficient (Wildman–Crippen LogP) is 6.29. The van der Waals surface area contributed by atoms with Crippen LogP contribution in [-0.4, -0.2) is 28.8 Å². The zero-order valence-electron chi connectivity index (χ0n) is 21.6. The van der Waals surface area contributed by atoms with Gasteiger partial charge in [0.2, 0.25) is 0 Å². The van der Waals surface area contributed by atoms with Gasteiger partial charge in [0.1, 0.15) is 0 Å². The Morgan fingerprint density at radius 2 is 1.64 bits per heavy atom. The largest absolute Gasteiger partial charge is 0.378 e. The first kappa shape index (κ1) is 24.1. The number of pyridine rings is 1. The Morgan fingerprint density at radius 1 is 0.944 bits per heavy atom. The number of rotatable bonds is 6. The molecule has 36 heavy (non-hydrogen) atoms. The van der Waals surface area contributed by atoms with Crippen molar-refractivity contribution in [2.45, 2.75) is 39.3 Å². The normalized spacial score (nSPS) is 17.4. The van der Waals surface area contributed by atoms with Gasteiger partial charge in [0.15, 0.2) is 5.11 Å². The fourth-order valence-electron chi connectivity index (χ4n) is 5.23. The minimum atomic E-state index is -0.0605. The summed E-state index contributed by atoms with van der Waals surface area (Å²) in [7, 11) is 4.13. The van der Waals surface area contributed by atoms with Crippen LogP contribution in [0.3, 0.4) is 0 Å². The predicted molar refractivity (Wildman–Crippen MR) is 153 cm³/mol. The van der Waals surface area contributed by atoms with Gasteiger partial charge in [0.05, 0.1) is 17.8 Å². The molecular weight excluding hydrogens is 462 g/mol. The van der Waals surface area contributed by atoms with Crippen molar-refractivity contribution in [3.05, 3.63) is 107 Å². The van der Waals surface area contributed by atoms with Crippen molar-refractivity contribution in [3.8, 4) is 5.69 Å². The van der Waals surface area contributed by atoms with Gasteiger partial charge in [-0.25, -0.2) is 0 Å². The quantitative estimate of drug-likeness (QED) is 0.318. The minimum absolute atomic E-state index is 0.0270. The van der Waals surface area contributed by atoms with Gasteiger partial charge in [-0.15, -0.1) is 0 Å². The zero-order chi connectivity index (χ0) is 25.4. The highest BCUT2D eigenvalue weighted by molar-refractivity contribution is 7.80. The molecule has 0 unspecified atom stereocenters. The van der Waals surface area contributed by atoms with Crippen LogP contribution < -0.4 is 15.1 Å². The summed E-state index contributed by atoms with van der Waals surface area (Å²) in [5, 5.41) is 4.31. The number of nitrogens with one attached hydrogen (secondary N) is 1. The SMILES string of the molecule is CCc1ccc(N2C(=S)N[C@H](c3ccccn3)[C@H]2c2cc(C)n(-c3ccc(N(C)C)cc3)c2C)cc1. The number of nitrogens with zero attached hydrogens (tertiary/aromatic N) is 4. The van der Waals surface area contributed by atoms with E-state index in [1.807, 2.05) is 18.3 Å². The van der Waals surface area contributed by atoms with Crippen molar-refractivity contribution in [2.75, 3.05) is 23.9 Å². The number of thiocarbonyl (C=S) groups is 1. The molecule has 1 N–H and O–H groups in total. The van der Waals surface area contributed by atoms with Crippen molar-refractivity contribution in [1.29, 1.82) is 0 Å². The smallest absolute Gasteiger partial charge is 0.174 e. The summed E-state index contributed by atoms with van der Waals surface area (Å²) in [6.07, 6.45) is 2.86. The molecule has 0 amide bonds. The third kappa shape index (κ3) is 4.26. The van der Waals surface area contributed by atoms with Crippen LogP contribution >= 0.6 is 12.2 Å². The maximum atomic E-state index is 5.93. The van der Waals surface area contributed by atoms with Gasteiger partial charge in [-0.05, 0) is 98.2 Å². The Kier molecular flexibility index (Phi) is 6.54. The van der Waals surface area contributed by atoms with Crippen LogP contribution in [-0.2, 0) is 6.42 Å². The third-order valence-corrected chi connectivity index (χ3v) is 7.45. The Bertz CT molecular complexity index is 1360. The van der Waals surface area contributed by atoms with Gasteiger partial charge < -0.3 is 19.7 Å². The lowest BCUT2D eigenvalue weighted by Gasteiger charge is -2.28. The van der Waals surface area contributed by atoms with Gasteiger partial charge in [-0.2, -0.15) is 0 Å². The molecule has 1 saturated heterocycles. The highest BCUT2D eigenvalue weighted by Gasteiger charge is 2.42. The lowest BCUT2D eigenvalue weighted by Crippen LogP contribution is -2.29. The van der Waals surface area contributed by atoms with Gasteiger partial charge in [-0.1, -0.05) is 25.1 Å². The Morgan fingerprint density at radius 3 is 2.25 bits per heavy atom. The summed E-state index contributed by atoms with van der Waals surface area (Å²) < 4.78 is 2.34. The van der Waals surface area contributed by atoms with Crippen LogP contribution in [0.2, 0.25) is 0 Å². The summed E-state index contributed by atoms with van der Waals surface area (Å²) in [5.41, 5.74) is 9.37. The number of hydrogen-bond acceptors (Lipinski definition) is 3. The third-order valence-electron chi connectivity index (χ3n) is 7.13. The molecule has 4 aromatic rings. The summed E-state index contributed by atoms with van der Waals surface area (Å²) >= 11 is 5.93. The van der Waals surface area contributed by atoms with Crippen molar-refractivity contribution in [3.63, 3.8) is 0 Å². The standard InChI is InChI=1S/C30H33N5S/c1-6-22-10-12-25(13-11-22)35-29(28(32-30(35)36)27-9-7-8-18-31-27)26-19-20(2)34(21(26)3)24-16-14-23(15-17-24)33(4)5/h7-19,28-29H,6H2,1-5H3,(H,32,36)/t28-,29-/m1/s1. The fraction of sp³-hybridized carbons (Fsp3) is 0.267. The monoisotopic (exact) mass is 495 g/mol. The molecule has 2 atom stereocenters. The molecule has 0 bridgehead atoms. The molecule has 1 aliphatic rings. The zero-order valence-corrected chi connectivity index (χ0v) is 22.4. The van der Waals surface area contributed by atoms with E-state index in [9.17, 15) is 0 Å². The highest BCUT2D eigenvalue weighted by Crippen LogP contribution is 2.43. The number of anilines is 2. The van der Waals surface area contributed by atoms with E-state index in [0.717, 1.165) is 28.6 Å². The molecule has 5 rings (SSSR count). The van der Waals surface area contributed by atoms with Crippen LogP contribution in [0, 0.1) is 13.8 Å². The molecule has 3 heterocycles. The van der Waals surface area contributed by atoms with Gasteiger partial charge in [-0.3, -0.25) is 4.98 Å². The molecule has 6 heteroatoms. The maximum absolute atomic E-state index is 5.93. The topological polar surface area (TPSA) is 36.3 Å². The molecule has 2 aromatic carbocycles. The summed E-state index contributed by atoms with van der Waals surface area (Å²) in [6.45, 7) is 6.56. The van der Waals surface area contributed by atoms with Crippen LogP contribution in [0.5, 0.6) is 0 Å². The first-order chi connectivity index (χ1) is 17.4. The van der Waals surface area contributed by atoms with E-state index in [1.54, 1.807) is 0 Å². The minimum Gasteiger partial charge on any atom is -0.378 e. The summed E-state index contributed by atoms with van der Waals surface area (Å²) in [5.74, 6) is 0. The van der Waals surface area contributed by atoms with Crippen LogP contribution in [0.25, 0.3) is 5.69 Å². The van der Waals surface area contributed by atoms with Crippen molar-refractivity contribution in [1.82, 2.24) is 14.9 Å². The average molecular weight is 496 g/mol. The molecule has 0 radical (unpaired) electrons. The lowest BCUT2D eigenvalue weighted by atomic mass is 9.96. The maximum Gasteiger partial charge on any atom is 0.174 e. The number of aromatic nitrogens is 2. The second kappa shape index (κ2) is 9.78. The number of hydrogen-bond donors (Lipinski definition) is 1. The first-order valence-corrected chi connectivity index (χ1v) is 12.9. The molecule has 0 aliphatic carbocycles. The molecule has 2 aromatic heterocycles. The van der Waals surface area contributed by atoms with E-state index < -0.39 is 0 Å². The summed E-state index contributed by atoms with van der Waals surface area (Å²) in [6, 6.07) is 25.7. The summed E-state index contributed by atoms with van der Waals surface area (Å²) in [4.78, 5) is 9.09. The van der Waals surface area contributed by atoms with Crippen molar-refractivity contribution in [2.24, 2.45) is 0 Å². The fourth-order valence-corrected chi connectivity index (χ4v) is 5.57. The molecule has 1 aliphatic heterocycles. The first-order valence-electron chi connectivity index (χ1n) is 12.4. The number of aryl methyl sites for hydroxylation is 2. The van der Waals surface area contributed by atoms with Gasteiger partial charge in [0.25, 0.3) is 0 Å². The van der Waals surface area contributed by atoms with Crippen LogP contribution in [0.4, 0.5) is 11.4 Å². The van der Waals surface area contributed by atoms with Crippen LogP contribution in [0.15, 0.2) is 79.0 Å². The lowest BCUT2D eigenvalue weighted by molar-refractivity contribution is 0.565. The van der Waals surface area contributed by atoms with E-state index in [-0.39, 0.29) is 12.1 Å². The average Bonchev–Trinajstić information content (AvgIpc) is 3.39. The van der Waals surface area contributed by atoms with E-state index in [2.05, 4.69) is 115 Å². The molecule has 184 valence electrons. The molecular formula is C30H33N5S. The van der Waals surface area contributed by atoms with E-state index in [1.165, 1.54) is 28.2 Å². The van der Waals surface area contributed by atoms with Gasteiger partial charge in [0, 0.05) is 48.7 Å². The van der Waals surface area contributed by atoms with E-state index >= 15 is 0 Å². The highest BCUT2D eigenvalue weighted by atomic mass is 32.1.